The molecule has 31 heavy (non-hydrogen) atoms. The van der Waals surface area contributed by atoms with Crippen LogP contribution in [0.3, 0.4) is 0 Å². The van der Waals surface area contributed by atoms with Gasteiger partial charge >= 0.3 is 6.03 Å². The first kappa shape index (κ1) is 21.7. The topological polar surface area (TPSA) is 73.0 Å². The molecule has 1 N–H and O–H groups in total. The number of likely N-dealkylation sites (tertiary alicyclic amines) is 2. The van der Waals surface area contributed by atoms with Gasteiger partial charge in [0.25, 0.3) is 5.91 Å². The molecule has 0 aromatic heterocycles. The molecule has 1 spiro atoms. The predicted molar refractivity (Wildman–Crippen MR) is 114 cm³/mol. The number of halogens is 1. The molecule has 0 unspecified atom stereocenters. The standard InChI is InChI=1S/C23H31FN4O3/c1-2-10-26-13-8-23(9-14-26)21(30)28(22(31)25-23)19-6-11-27(12-7-19)20(29)16-17-4-3-5-18(24)15-17/h3-5,15,19H,2,6-14,16H2,1H3,(H,25,31). The maximum absolute atomic E-state index is 13.4. The molecule has 3 fully saturated rings. The minimum Gasteiger partial charge on any atom is -0.342 e. The van der Waals surface area contributed by atoms with E-state index < -0.39 is 5.54 Å². The van der Waals surface area contributed by atoms with E-state index in [-0.39, 0.29) is 36.1 Å². The number of hydrogen-bond donors (Lipinski definition) is 1. The van der Waals surface area contributed by atoms with Crippen LogP contribution in [0.2, 0.25) is 0 Å². The Morgan fingerprint density at radius 1 is 1.16 bits per heavy atom. The van der Waals surface area contributed by atoms with Gasteiger partial charge in [0, 0.05) is 32.2 Å². The maximum Gasteiger partial charge on any atom is 0.325 e. The summed E-state index contributed by atoms with van der Waals surface area (Å²) in [6, 6.07) is 5.61. The molecule has 4 amide bonds. The fourth-order valence-corrected chi connectivity index (χ4v) is 5.09. The summed E-state index contributed by atoms with van der Waals surface area (Å²) in [7, 11) is 0. The average molecular weight is 431 g/mol. The molecule has 4 rings (SSSR count). The number of urea groups is 1. The normalized spacial score (nSPS) is 22.3. The lowest BCUT2D eigenvalue weighted by atomic mass is 9.87. The number of hydrogen-bond acceptors (Lipinski definition) is 4. The SMILES string of the molecule is CCCN1CCC2(CC1)NC(=O)N(C1CCN(C(=O)Cc3cccc(F)c3)CC1)C2=O. The second-order valence-corrected chi connectivity index (χ2v) is 8.95. The van der Waals surface area contributed by atoms with Crippen LogP contribution in [0.4, 0.5) is 9.18 Å². The third kappa shape index (κ3) is 4.44. The summed E-state index contributed by atoms with van der Waals surface area (Å²) < 4.78 is 13.4. The molecule has 0 saturated carbocycles. The number of amides is 4. The van der Waals surface area contributed by atoms with E-state index in [2.05, 4.69) is 17.1 Å². The van der Waals surface area contributed by atoms with Crippen LogP contribution in [0, 0.1) is 5.82 Å². The number of carbonyl (C=O) groups excluding carboxylic acids is 3. The van der Waals surface area contributed by atoms with Gasteiger partial charge in [-0.3, -0.25) is 14.5 Å². The van der Waals surface area contributed by atoms with Crippen LogP contribution in [0.1, 0.15) is 44.6 Å². The van der Waals surface area contributed by atoms with Gasteiger partial charge < -0.3 is 15.1 Å². The van der Waals surface area contributed by atoms with E-state index in [4.69, 9.17) is 0 Å². The fraction of sp³-hybridized carbons (Fsp3) is 0.609. The second kappa shape index (κ2) is 8.94. The van der Waals surface area contributed by atoms with Crippen molar-refractivity contribution in [1.29, 1.82) is 0 Å². The van der Waals surface area contributed by atoms with E-state index in [0.29, 0.717) is 44.3 Å². The molecule has 168 valence electrons. The Hall–Kier alpha value is -2.48. The summed E-state index contributed by atoms with van der Waals surface area (Å²) in [6.07, 6.45) is 3.69. The van der Waals surface area contributed by atoms with Crippen LogP contribution in [0.25, 0.3) is 0 Å². The molecule has 0 bridgehead atoms. The van der Waals surface area contributed by atoms with Gasteiger partial charge in [0.15, 0.2) is 0 Å². The minimum absolute atomic E-state index is 0.0546. The Morgan fingerprint density at radius 3 is 2.52 bits per heavy atom. The maximum atomic E-state index is 13.4. The van der Waals surface area contributed by atoms with Gasteiger partial charge in [0.05, 0.1) is 6.42 Å². The molecule has 8 heteroatoms. The van der Waals surface area contributed by atoms with E-state index in [1.165, 1.54) is 17.0 Å². The first-order valence-corrected chi connectivity index (χ1v) is 11.3. The Kier molecular flexibility index (Phi) is 6.27. The average Bonchev–Trinajstić information content (AvgIpc) is 2.99. The molecule has 0 aliphatic carbocycles. The van der Waals surface area contributed by atoms with Crippen molar-refractivity contribution >= 4 is 17.8 Å². The monoisotopic (exact) mass is 430 g/mol. The van der Waals surface area contributed by atoms with Crippen molar-refractivity contribution in [2.24, 2.45) is 0 Å². The van der Waals surface area contributed by atoms with Crippen molar-refractivity contribution in [3.8, 4) is 0 Å². The fourth-order valence-electron chi connectivity index (χ4n) is 5.09. The molecule has 3 saturated heterocycles. The predicted octanol–water partition coefficient (Wildman–Crippen LogP) is 2.16. The highest BCUT2D eigenvalue weighted by atomic mass is 19.1. The van der Waals surface area contributed by atoms with Crippen LogP contribution < -0.4 is 5.32 Å². The molecule has 3 aliphatic heterocycles. The lowest BCUT2D eigenvalue weighted by molar-refractivity contribution is -0.136. The van der Waals surface area contributed by atoms with E-state index in [0.717, 1.165) is 26.1 Å². The number of piperidine rings is 2. The molecule has 1 aromatic rings. The lowest BCUT2D eigenvalue weighted by Gasteiger charge is -2.38. The number of nitrogens with one attached hydrogen (secondary N) is 1. The summed E-state index contributed by atoms with van der Waals surface area (Å²) in [5.74, 6) is -0.503. The molecule has 3 aliphatic rings. The number of carbonyl (C=O) groups is 3. The second-order valence-electron chi connectivity index (χ2n) is 8.95. The van der Waals surface area contributed by atoms with Gasteiger partial charge in [-0.2, -0.15) is 0 Å². The van der Waals surface area contributed by atoms with Gasteiger partial charge in [-0.15, -0.1) is 0 Å². The van der Waals surface area contributed by atoms with Gasteiger partial charge in [-0.1, -0.05) is 19.1 Å². The number of imide groups is 1. The molecular formula is C23H31FN4O3. The lowest BCUT2D eigenvalue weighted by Crippen LogP contribution is -2.55. The van der Waals surface area contributed by atoms with Gasteiger partial charge in [-0.05, 0) is 56.3 Å². The molecule has 3 heterocycles. The van der Waals surface area contributed by atoms with E-state index in [1.54, 1.807) is 17.0 Å². The number of rotatable bonds is 5. The third-order valence-corrected chi connectivity index (χ3v) is 6.87. The van der Waals surface area contributed by atoms with Crippen molar-refractivity contribution in [1.82, 2.24) is 20.0 Å². The minimum atomic E-state index is -0.758. The molecule has 7 nitrogen and oxygen atoms in total. The smallest absolute Gasteiger partial charge is 0.325 e. The van der Waals surface area contributed by atoms with Crippen molar-refractivity contribution in [2.45, 2.75) is 57.0 Å². The number of benzene rings is 1. The van der Waals surface area contributed by atoms with Gasteiger partial charge in [0.1, 0.15) is 11.4 Å². The zero-order valence-electron chi connectivity index (χ0n) is 18.1. The Bertz CT molecular complexity index is 845. The van der Waals surface area contributed by atoms with Crippen molar-refractivity contribution in [3.63, 3.8) is 0 Å². The Labute approximate surface area is 182 Å². The quantitative estimate of drug-likeness (QED) is 0.727. The summed E-state index contributed by atoms with van der Waals surface area (Å²) in [4.78, 5) is 44.1. The Balaban J connectivity index is 1.33. The molecular weight excluding hydrogens is 399 g/mol. The first-order valence-electron chi connectivity index (χ1n) is 11.3. The largest absolute Gasteiger partial charge is 0.342 e. The highest BCUT2D eigenvalue weighted by Crippen LogP contribution is 2.32. The van der Waals surface area contributed by atoms with Crippen LogP contribution in [0.5, 0.6) is 0 Å². The Morgan fingerprint density at radius 2 is 1.87 bits per heavy atom. The van der Waals surface area contributed by atoms with Gasteiger partial charge in [0.2, 0.25) is 5.91 Å². The number of nitrogens with zero attached hydrogens (tertiary/aromatic N) is 3. The van der Waals surface area contributed by atoms with E-state index >= 15 is 0 Å². The summed E-state index contributed by atoms with van der Waals surface area (Å²) in [5, 5.41) is 3.00. The highest BCUT2D eigenvalue weighted by Gasteiger charge is 2.54. The van der Waals surface area contributed by atoms with Crippen molar-refractivity contribution in [3.05, 3.63) is 35.6 Å². The molecule has 1 aromatic carbocycles. The van der Waals surface area contributed by atoms with Crippen LogP contribution in [-0.4, -0.2) is 76.8 Å². The van der Waals surface area contributed by atoms with Crippen LogP contribution in [0.15, 0.2) is 24.3 Å². The zero-order valence-corrected chi connectivity index (χ0v) is 18.1. The van der Waals surface area contributed by atoms with Crippen molar-refractivity contribution in [2.75, 3.05) is 32.7 Å². The highest BCUT2D eigenvalue weighted by molar-refractivity contribution is 6.07. The van der Waals surface area contributed by atoms with Crippen molar-refractivity contribution < 1.29 is 18.8 Å². The van der Waals surface area contributed by atoms with E-state index in [9.17, 15) is 18.8 Å². The van der Waals surface area contributed by atoms with E-state index in [1.807, 2.05) is 0 Å². The third-order valence-electron chi connectivity index (χ3n) is 6.87. The molecule has 0 atom stereocenters. The first-order chi connectivity index (χ1) is 14.9. The summed E-state index contributed by atoms with van der Waals surface area (Å²) in [5.41, 5.74) is -0.108. The van der Waals surface area contributed by atoms with Crippen LogP contribution in [-0.2, 0) is 16.0 Å². The molecule has 0 radical (unpaired) electrons. The summed E-state index contributed by atoms with van der Waals surface area (Å²) in [6.45, 7) is 5.79. The summed E-state index contributed by atoms with van der Waals surface area (Å²) >= 11 is 0. The van der Waals surface area contributed by atoms with Crippen LogP contribution >= 0.6 is 0 Å². The zero-order chi connectivity index (χ0) is 22.0. The van der Waals surface area contributed by atoms with Gasteiger partial charge in [-0.25, -0.2) is 9.18 Å².